The van der Waals surface area contributed by atoms with Gasteiger partial charge in [-0.15, -0.1) is 0 Å². The van der Waals surface area contributed by atoms with Crippen LogP contribution < -0.4 is 5.32 Å². The predicted molar refractivity (Wildman–Crippen MR) is 102 cm³/mol. The Morgan fingerprint density at radius 3 is 2.64 bits per heavy atom. The lowest BCUT2D eigenvalue weighted by Crippen LogP contribution is -2.15. The molecule has 0 aliphatic carbocycles. The second kappa shape index (κ2) is 6.44. The first kappa shape index (κ1) is 15.5. The lowest BCUT2D eigenvalue weighted by molar-refractivity contribution is -0.115. The quantitative estimate of drug-likeness (QED) is 0.550. The lowest BCUT2D eigenvalue weighted by atomic mass is 10.0. The number of amides is 1. The fourth-order valence-corrected chi connectivity index (χ4v) is 3.32. The van der Waals surface area contributed by atoms with Crippen molar-refractivity contribution in [3.63, 3.8) is 0 Å². The summed E-state index contributed by atoms with van der Waals surface area (Å²) in [6.45, 7) is 2.08. The molecule has 1 amide bonds. The molecule has 0 atom stereocenters. The molecule has 0 unspecified atom stereocenters. The van der Waals surface area contributed by atoms with Crippen molar-refractivity contribution in [1.29, 1.82) is 0 Å². The Morgan fingerprint density at radius 2 is 1.76 bits per heavy atom. The van der Waals surface area contributed by atoms with Gasteiger partial charge in [-0.3, -0.25) is 4.79 Å². The standard InChI is InChI=1S/C22H19NO2/c1-2-15-7-4-6-10-19(15)23-21(24)13-17-14-25-20-12-11-16-8-3-5-9-18(16)22(17)20/h3-12,14H,2,13H2,1H3,(H,23,24). The van der Waals surface area contributed by atoms with E-state index < -0.39 is 0 Å². The molecule has 124 valence electrons. The van der Waals surface area contributed by atoms with Crippen LogP contribution in [0.5, 0.6) is 0 Å². The first-order valence-corrected chi connectivity index (χ1v) is 8.52. The summed E-state index contributed by atoms with van der Waals surface area (Å²) in [6.07, 6.45) is 2.87. The highest BCUT2D eigenvalue weighted by Crippen LogP contribution is 2.30. The summed E-state index contributed by atoms with van der Waals surface area (Å²) in [5, 5.41) is 6.32. The van der Waals surface area contributed by atoms with Gasteiger partial charge in [0.1, 0.15) is 5.58 Å². The first-order chi connectivity index (χ1) is 12.3. The third kappa shape index (κ3) is 2.89. The molecule has 3 aromatic carbocycles. The molecule has 4 aromatic rings. The molecule has 1 aromatic heterocycles. The third-order valence-electron chi connectivity index (χ3n) is 4.56. The number of aryl methyl sites for hydroxylation is 1. The van der Waals surface area contributed by atoms with Gasteiger partial charge in [0.25, 0.3) is 0 Å². The summed E-state index contributed by atoms with van der Waals surface area (Å²) < 4.78 is 5.67. The zero-order chi connectivity index (χ0) is 17.2. The molecule has 0 spiro atoms. The Labute approximate surface area is 146 Å². The molecule has 0 fully saturated rings. The smallest absolute Gasteiger partial charge is 0.228 e. The summed E-state index contributed by atoms with van der Waals surface area (Å²) in [7, 11) is 0. The Kier molecular flexibility index (Phi) is 3.98. The van der Waals surface area contributed by atoms with E-state index in [-0.39, 0.29) is 5.91 Å². The van der Waals surface area contributed by atoms with E-state index >= 15 is 0 Å². The van der Waals surface area contributed by atoms with E-state index in [0.717, 1.165) is 45.0 Å². The fourth-order valence-electron chi connectivity index (χ4n) is 3.32. The van der Waals surface area contributed by atoms with Gasteiger partial charge in [0.05, 0.1) is 12.7 Å². The van der Waals surface area contributed by atoms with Crippen LogP contribution in [0.15, 0.2) is 71.3 Å². The number of anilines is 1. The van der Waals surface area contributed by atoms with Crippen LogP contribution in [0.3, 0.4) is 0 Å². The van der Waals surface area contributed by atoms with Crippen molar-refractivity contribution in [2.75, 3.05) is 5.32 Å². The maximum atomic E-state index is 12.6. The summed E-state index contributed by atoms with van der Waals surface area (Å²) in [5.41, 5.74) is 3.75. The van der Waals surface area contributed by atoms with Crippen LogP contribution in [0, 0.1) is 0 Å². The van der Waals surface area contributed by atoms with E-state index in [1.165, 1.54) is 0 Å². The van der Waals surface area contributed by atoms with Gasteiger partial charge in [0, 0.05) is 16.6 Å². The number of rotatable bonds is 4. The highest BCUT2D eigenvalue weighted by atomic mass is 16.3. The summed E-state index contributed by atoms with van der Waals surface area (Å²) in [5.74, 6) is -0.0310. The van der Waals surface area contributed by atoms with Crippen molar-refractivity contribution in [2.24, 2.45) is 0 Å². The molecule has 1 N–H and O–H groups in total. The Bertz CT molecular complexity index is 1060. The number of carbonyl (C=O) groups is 1. The topological polar surface area (TPSA) is 42.2 Å². The lowest BCUT2D eigenvalue weighted by Gasteiger charge is -2.09. The van der Waals surface area contributed by atoms with Crippen molar-refractivity contribution < 1.29 is 9.21 Å². The van der Waals surface area contributed by atoms with Crippen molar-refractivity contribution in [3.05, 3.63) is 78.1 Å². The van der Waals surface area contributed by atoms with E-state index in [9.17, 15) is 4.79 Å². The summed E-state index contributed by atoms with van der Waals surface area (Å²) in [4.78, 5) is 12.6. The van der Waals surface area contributed by atoms with Crippen molar-refractivity contribution in [3.8, 4) is 0 Å². The highest BCUT2D eigenvalue weighted by Gasteiger charge is 2.14. The minimum Gasteiger partial charge on any atom is -0.464 e. The molecule has 0 aliphatic rings. The van der Waals surface area contributed by atoms with Gasteiger partial charge < -0.3 is 9.73 Å². The monoisotopic (exact) mass is 329 g/mol. The second-order valence-corrected chi connectivity index (χ2v) is 6.16. The molecule has 1 heterocycles. The van der Waals surface area contributed by atoms with Gasteiger partial charge >= 0.3 is 0 Å². The van der Waals surface area contributed by atoms with E-state index in [4.69, 9.17) is 4.42 Å². The largest absolute Gasteiger partial charge is 0.464 e. The maximum absolute atomic E-state index is 12.6. The molecule has 3 nitrogen and oxygen atoms in total. The number of hydrogen-bond acceptors (Lipinski definition) is 2. The van der Waals surface area contributed by atoms with E-state index in [0.29, 0.717) is 6.42 Å². The molecule has 25 heavy (non-hydrogen) atoms. The van der Waals surface area contributed by atoms with Crippen LogP contribution in [0.4, 0.5) is 5.69 Å². The zero-order valence-electron chi connectivity index (χ0n) is 14.1. The highest BCUT2D eigenvalue weighted by molar-refractivity contribution is 6.09. The van der Waals surface area contributed by atoms with E-state index in [1.807, 2.05) is 48.5 Å². The number of nitrogens with one attached hydrogen (secondary N) is 1. The number of fused-ring (bicyclic) bond motifs is 3. The Balaban J connectivity index is 1.66. The van der Waals surface area contributed by atoms with Gasteiger partial charge in [-0.1, -0.05) is 55.5 Å². The number of para-hydroxylation sites is 1. The molecule has 4 rings (SSSR count). The van der Waals surface area contributed by atoms with Crippen LogP contribution in [0.2, 0.25) is 0 Å². The average molecular weight is 329 g/mol. The Hall–Kier alpha value is -3.07. The SMILES string of the molecule is CCc1ccccc1NC(=O)Cc1coc2ccc3ccccc3c12. The minimum atomic E-state index is -0.0310. The van der Waals surface area contributed by atoms with Crippen LogP contribution in [-0.2, 0) is 17.6 Å². The van der Waals surface area contributed by atoms with Crippen LogP contribution in [0.1, 0.15) is 18.1 Å². The molecule has 0 saturated heterocycles. The summed E-state index contributed by atoms with van der Waals surface area (Å²) in [6, 6.07) is 20.1. The van der Waals surface area contributed by atoms with Crippen LogP contribution in [-0.4, -0.2) is 5.91 Å². The number of benzene rings is 3. The van der Waals surface area contributed by atoms with E-state index in [2.05, 4.69) is 24.4 Å². The first-order valence-electron chi connectivity index (χ1n) is 8.52. The fraction of sp³-hybridized carbons (Fsp3) is 0.136. The molecular formula is C22H19NO2. The molecule has 0 radical (unpaired) electrons. The molecule has 0 aliphatic heterocycles. The van der Waals surface area contributed by atoms with Gasteiger partial charge in [0.15, 0.2) is 0 Å². The average Bonchev–Trinajstić information content (AvgIpc) is 3.05. The van der Waals surface area contributed by atoms with E-state index in [1.54, 1.807) is 6.26 Å². The van der Waals surface area contributed by atoms with Gasteiger partial charge in [-0.25, -0.2) is 0 Å². The number of furan rings is 1. The maximum Gasteiger partial charge on any atom is 0.228 e. The van der Waals surface area contributed by atoms with Crippen LogP contribution in [0.25, 0.3) is 21.7 Å². The molecular weight excluding hydrogens is 310 g/mol. The van der Waals surface area contributed by atoms with Crippen molar-refractivity contribution in [1.82, 2.24) is 0 Å². The Morgan fingerprint density at radius 1 is 0.960 bits per heavy atom. The van der Waals surface area contributed by atoms with Gasteiger partial charge in [-0.05, 0) is 34.9 Å². The van der Waals surface area contributed by atoms with Crippen molar-refractivity contribution >= 4 is 33.3 Å². The van der Waals surface area contributed by atoms with Gasteiger partial charge in [0.2, 0.25) is 5.91 Å². The minimum absolute atomic E-state index is 0.0310. The predicted octanol–water partition coefficient (Wildman–Crippen LogP) is 5.33. The second-order valence-electron chi connectivity index (χ2n) is 6.16. The van der Waals surface area contributed by atoms with Crippen LogP contribution >= 0.6 is 0 Å². The molecule has 0 saturated carbocycles. The number of carbonyl (C=O) groups excluding carboxylic acids is 1. The molecule has 3 heteroatoms. The van der Waals surface area contributed by atoms with Crippen molar-refractivity contribution in [2.45, 2.75) is 19.8 Å². The normalized spacial score (nSPS) is 11.1. The number of hydrogen-bond donors (Lipinski definition) is 1. The zero-order valence-corrected chi connectivity index (χ0v) is 14.1. The third-order valence-corrected chi connectivity index (χ3v) is 4.56. The summed E-state index contributed by atoms with van der Waals surface area (Å²) >= 11 is 0. The van der Waals surface area contributed by atoms with Gasteiger partial charge in [-0.2, -0.15) is 0 Å². The molecule has 0 bridgehead atoms.